The van der Waals surface area contributed by atoms with Gasteiger partial charge >= 0.3 is 6.09 Å². The minimum Gasteiger partial charge on any atom is -0.474 e. The summed E-state index contributed by atoms with van der Waals surface area (Å²) >= 11 is 1.49. The van der Waals surface area contributed by atoms with Gasteiger partial charge in [0.2, 0.25) is 5.88 Å². The van der Waals surface area contributed by atoms with Crippen LogP contribution in [0.15, 0.2) is 65.6 Å². The molecule has 2 fully saturated rings. The first-order chi connectivity index (χ1) is 23.0. The van der Waals surface area contributed by atoms with Gasteiger partial charge in [0.05, 0.1) is 28.0 Å². The van der Waals surface area contributed by atoms with E-state index in [9.17, 15) is 9.59 Å². The van der Waals surface area contributed by atoms with Crippen molar-refractivity contribution in [1.82, 2.24) is 30.0 Å². The Bertz CT molecular complexity index is 1840. The summed E-state index contributed by atoms with van der Waals surface area (Å²) in [5.41, 5.74) is 6.44. The van der Waals surface area contributed by atoms with Crippen LogP contribution in [0.25, 0.3) is 11.4 Å². The molecule has 1 aliphatic heterocycles. The number of aryl methyl sites for hydroxylation is 1. The minimum atomic E-state index is -0.748. The molecule has 1 saturated carbocycles. The van der Waals surface area contributed by atoms with Crippen molar-refractivity contribution >= 4 is 28.9 Å². The van der Waals surface area contributed by atoms with Crippen LogP contribution in [0.4, 0.5) is 4.79 Å². The number of hydrogen-bond donors (Lipinski definition) is 1. The number of nitrogens with zero attached hydrogens (tertiary/aromatic N) is 5. The number of pyridine rings is 1. The number of nitrogens with one attached hydrogen (secondary N) is 1. The van der Waals surface area contributed by atoms with E-state index in [2.05, 4.69) is 41.4 Å². The van der Waals surface area contributed by atoms with Gasteiger partial charge in [0.15, 0.2) is 5.82 Å². The second-order valence-electron chi connectivity index (χ2n) is 14.5. The number of rotatable bonds is 9. The fourth-order valence-electron chi connectivity index (χ4n) is 6.72. The first kappa shape index (κ1) is 32.1. The van der Waals surface area contributed by atoms with E-state index in [-0.39, 0.29) is 35.9 Å². The second-order valence-corrected chi connectivity index (χ2v) is 15.2. The molecule has 7 rings (SSSR count). The first-order valence-electron chi connectivity index (χ1n) is 16.6. The minimum absolute atomic E-state index is 0.0125. The molecule has 3 atom stereocenters. The van der Waals surface area contributed by atoms with Crippen LogP contribution in [0, 0.1) is 24.2 Å². The van der Waals surface area contributed by atoms with Crippen molar-refractivity contribution in [2.24, 2.45) is 17.3 Å². The van der Waals surface area contributed by atoms with Crippen LogP contribution in [-0.4, -0.2) is 55.8 Å². The Morgan fingerprint density at radius 1 is 1.12 bits per heavy atom. The smallest absolute Gasteiger partial charge is 0.408 e. The number of allylic oxidation sites excluding steroid dienone is 2. The van der Waals surface area contributed by atoms with Crippen LogP contribution in [0.3, 0.4) is 0 Å². The topological polar surface area (TPSA) is 111 Å². The molecule has 3 aromatic heterocycles. The lowest BCUT2D eigenvalue weighted by Crippen LogP contribution is -2.41. The third-order valence-electron chi connectivity index (χ3n) is 9.89. The van der Waals surface area contributed by atoms with Crippen LogP contribution < -0.4 is 10.1 Å². The number of likely N-dealkylation sites (tertiary alicyclic amines) is 1. The molecule has 0 bridgehead atoms. The van der Waals surface area contributed by atoms with Gasteiger partial charge in [-0.2, -0.15) is 5.10 Å². The molecular formula is C37H42N6O4S. The Kier molecular flexibility index (Phi) is 8.35. The van der Waals surface area contributed by atoms with E-state index < -0.39 is 11.6 Å². The number of aromatic nitrogens is 4. The molecule has 4 aromatic rings. The molecule has 10 nitrogen and oxygen atoms in total. The van der Waals surface area contributed by atoms with E-state index in [0.29, 0.717) is 36.0 Å². The first-order valence-corrected chi connectivity index (χ1v) is 17.5. The lowest BCUT2D eigenvalue weighted by atomic mass is 9.77. The Labute approximate surface area is 285 Å². The van der Waals surface area contributed by atoms with E-state index in [1.165, 1.54) is 16.9 Å². The number of hydrogen-bond acceptors (Lipinski definition) is 8. The van der Waals surface area contributed by atoms with Crippen LogP contribution in [-0.2, 0) is 16.9 Å². The highest BCUT2D eigenvalue weighted by Gasteiger charge is 2.59. The molecule has 4 heterocycles. The summed E-state index contributed by atoms with van der Waals surface area (Å²) in [7, 11) is 0. The lowest BCUT2D eigenvalue weighted by Gasteiger charge is -2.30. The van der Waals surface area contributed by atoms with E-state index in [4.69, 9.17) is 14.5 Å². The maximum absolute atomic E-state index is 13.5. The summed E-state index contributed by atoms with van der Waals surface area (Å²) < 4.78 is 13.8. The zero-order chi connectivity index (χ0) is 33.6. The average molecular weight is 667 g/mol. The second kappa shape index (κ2) is 12.5. The van der Waals surface area contributed by atoms with Gasteiger partial charge in [-0.15, -0.1) is 11.3 Å². The van der Waals surface area contributed by atoms with Crippen molar-refractivity contribution < 1.29 is 19.1 Å². The third kappa shape index (κ3) is 6.74. The molecule has 11 heteroatoms. The summed E-state index contributed by atoms with van der Waals surface area (Å²) in [5, 5.41) is 9.47. The Balaban J connectivity index is 1.05. The molecule has 1 aromatic carbocycles. The highest BCUT2D eigenvalue weighted by atomic mass is 32.1. The highest BCUT2D eigenvalue weighted by Crippen LogP contribution is 2.48. The predicted octanol–water partition coefficient (Wildman–Crippen LogP) is 6.94. The maximum Gasteiger partial charge on any atom is 0.408 e. The predicted molar refractivity (Wildman–Crippen MR) is 184 cm³/mol. The van der Waals surface area contributed by atoms with E-state index >= 15 is 0 Å². The molecule has 3 aliphatic rings. The molecule has 0 radical (unpaired) electrons. The van der Waals surface area contributed by atoms with Gasteiger partial charge in [-0.1, -0.05) is 50.3 Å². The van der Waals surface area contributed by atoms with E-state index in [0.717, 1.165) is 36.1 Å². The van der Waals surface area contributed by atoms with E-state index in [1.54, 1.807) is 16.4 Å². The lowest BCUT2D eigenvalue weighted by molar-refractivity contribution is 0.0750. The van der Waals surface area contributed by atoms with Gasteiger partial charge < -0.3 is 19.7 Å². The number of ether oxygens (including phenoxy) is 2. The number of benzene rings is 1. The fourth-order valence-corrected chi connectivity index (χ4v) is 7.24. The number of piperidine rings is 1. The summed E-state index contributed by atoms with van der Waals surface area (Å²) in [6, 6.07) is 13.6. The molecular weight excluding hydrogens is 625 g/mol. The largest absolute Gasteiger partial charge is 0.474 e. The molecule has 1 unspecified atom stereocenters. The van der Waals surface area contributed by atoms with Gasteiger partial charge in [0.1, 0.15) is 12.7 Å². The van der Waals surface area contributed by atoms with Crippen LogP contribution >= 0.6 is 11.3 Å². The van der Waals surface area contributed by atoms with Gasteiger partial charge in [-0.05, 0) is 68.2 Å². The number of carbonyl (C=O) groups is 2. The summed E-state index contributed by atoms with van der Waals surface area (Å²) in [6.07, 6.45) is 6.55. The summed E-state index contributed by atoms with van der Waals surface area (Å²) in [6.45, 7) is 11.8. The summed E-state index contributed by atoms with van der Waals surface area (Å²) in [4.78, 5) is 37.6. The van der Waals surface area contributed by atoms with Gasteiger partial charge in [-0.3, -0.25) is 4.79 Å². The Hall–Kier alpha value is -4.51. The van der Waals surface area contributed by atoms with Crippen LogP contribution in [0.5, 0.6) is 5.88 Å². The van der Waals surface area contributed by atoms with Crippen molar-refractivity contribution in [3.05, 3.63) is 93.7 Å². The van der Waals surface area contributed by atoms with Gasteiger partial charge in [-0.25, -0.2) is 19.4 Å². The number of amides is 2. The zero-order valence-electron chi connectivity index (χ0n) is 28.1. The van der Waals surface area contributed by atoms with Crippen LogP contribution in [0.1, 0.15) is 79.8 Å². The molecule has 2 amide bonds. The van der Waals surface area contributed by atoms with Crippen molar-refractivity contribution in [3.8, 4) is 11.7 Å². The molecule has 250 valence electrons. The molecule has 0 spiro atoms. The highest BCUT2D eigenvalue weighted by molar-refractivity contribution is 7.07. The van der Waals surface area contributed by atoms with Crippen molar-refractivity contribution in [1.29, 1.82) is 0 Å². The zero-order valence-corrected chi connectivity index (χ0v) is 28.9. The maximum atomic E-state index is 13.5. The molecule has 1 saturated heterocycles. The monoisotopic (exact) mass is 666 g/mol. The van der Waals surface area contributed by atoms with Crippen molar-refractivity contribution in [3.63, 3.8) is 0 Å². The third-order valence-corrected chi connectivity index (χ3v) is 10.5. The quantitative estimate of drug-likeness (QED) is 0.206. The number of alkyl carbamates (subject to hydrolysis) is 1. The number of carbonyl (C=O) groups excluding carboxylic acids is 2. The van der Waals surface area contributed by atoms with E-state index in [1.807, 2.05) is 67.4 Å². The van der Waals surface area contributed by atoms with Crippen molar-refractivity contribution in [2.45, 2.75) is 72.1 Å². The number of fused-ring (bicyclic) bond motifs is 1. The summed E-state index contributed by atoms with van der Waals surface area (Å²) in [5.74, 6) is 1.72. The Morgan fingerprint density at radius 3 is 2.58 bits per heavy atom. The molecule has 2 aliphatic carbocycles. The van der Waals surface area contributed by atoms with Gasteiger partial charge in [0, 0.05) is 42.6 Å². The molecule has 48 heavy (non-hydrogen) atoms. The van der Waals surface area contributed by atoms with Crippen molar-refractivity contribution in [2.75, 3.05) is 13.1 Å². The number of thiazole rings is 1. The molecule has 1 N–H and O–H groups in total. The van der Waals surface area contributed by atoms with Gasteiger partial charge in [0.25, 0.3) is 5.91 Å². The average Bonchev–Trinajstić information content (AvgIpc) is 3.57. The fraction of sp³-hybridized carbons (Fsp3) is 0.432. The Morgan fingerprint density at radius 2 is 1.90 bits per heavy atom. The standard InChI is InChI=1S/C37H42N6O4S/c1-23-27(19-43(41-23)31-21-48-22-38-31)34(44)42-17-28-29(18-42)33(28)47-32-16-26(15-30(39-32)25-11-13-36(2,3)14-12-25)37(4,5)40-35(45)46-20-24-9-7-6-8-10-24/h6-11,15-16,19,21-22,28-29,33H,12-14,17-18,20H2,1-5H3,(H,40,45)/t28-,29+,33?. The SMILES string of the molecule is Cc1nn(-c2cscn2)cc1C(=O)N1C[C@@H]2C(Oc3cc(C(C)(C)NC(=O)OCc4ccccc4)cc(C4=CCC(C)(C)CC4)n3)[C@@H]2C1. The normalized spacial score (nSPS) is 21.3. The van der Waals surface area contributed by atoms with Crippen LogP contribution in [0.2, 0.25) is 0 Å².